The first-order valence-corrected chi connectivity index (χ1v) is 4.67. The average Bonchev–Trinajstić information content (AvgIpc) is 2.22. The summed E-state index contributed by atoms with van der Waals surface area (Å²) in [6, 6.07) is 1.69. The molecule has 0 saturated heterocycles. The van der Waals surface area contributed by atoms with Gasteiger partial charge in [-0.3, -0.25) is 4.79 Å². The first-order valence-electron chi connectivity index (χ1n) is 4.67. The Bertz CT molecular complexity index is 243. The van der Waals surface area contributed by atoms with Gasteiger partial charge in [-0.2, -0.15) is 5.26 Å². The SMILES string of the molecule is C=C(C#N)C(=O)NC(CC)OCCC. The van der Waals surface area contributed by atoms with E-state index in [9.17, 15) is 4.79 Å². The van der Waals surface area contributed by atoms with Crippen LogP contribution in [0.5, 0.6) is 0 Å². The Balaban J connectivity index is 3.99. The molecule has 1 unspecified atom stereocenters. The summed E-state index contributed by atoms with van der Waals surface area (Å²) in [7, 11) is 0. The van der Waals surface area contributed by atoms with Crippen LogP contribution in [0, 0.1) is 11.3 Å². The third-order valence-corrected chi connectivity index (χ3v) is 1.60. The van der Waals surface area contributed by atoms with Gasteiger partial charge in [-0.1, -0.05) is 20.4 Å². The summed E-state index contributed by atoms with van der Waals surface area (Å²) in [5.41, 5.74) is -0.0939. The van der Waals surface area contributed by atoms with Crippen LogP contribution in [-0.4, -0.2) is 18.7 Å². The van der Waals surface area contributed by atoms with Gasteiger partial charge in [0, 0.05) is 6.61 Å². The van der Waals surface area contributed by atoms with E-state index in [0.717, 1.165) is 6.42 Å². The van der Waals surface area contributed by atoms with Gasteiger partial charge >= 0.3 is 0 Å². The number of carbonyl (C=O) groups excluding carboxylic acids is 1. The van der Waals surface area contributed by atoms with Gasteiger partial charge in [0.2, 0.25) is 0 Å². The molecular weight excluding hydrogens is 180 g/mol. The lowest BCUT2D eigenvalue weighted by molar-refractivity contribution is -0.121. The number of amides is 1. The molecule has 0 aliphatic heterocycles. The summed E-state index contributed by atoms with van der Waals surface area (Å²) in [5.74, 6) is -0.463. The molecule has 0 radical (unpaired) electrons. The molecule has 0 aliphatic rings. The van der Waals surface area contributed by atoms with Crippen LogP contribution >= 0.6 is 0 Å². The second kappa shape index (κ2) is 7.10. The molecule has 0 aliphatic carbocycles. The number of nitrogens with zero attached hydrogens (tertiary/aromatic N) is 1. The van der Waals surface area contributed by atoms with Crippen LogP contribution in [0.2, 0.25) is 0 Å². The second-order valence-electron chi connectivity index (χ2n) is 2.83. The number of hydrogen-bond donors (Lipinski definition) is 1. The maximum atomic E-state index is 11.2. The predicted molar refractivity (Wildman–Crippen MR) is 53.2 cm³/mol. The molecule has 78 valence electrons. The quantitative estimate of drug-likeness (QED) is 0.396. The van der Waals surface area contributed by atoms with E-state index in [0.29, 0.717) is 13.0 Å². The molecule has 0 aromatic carbocycles. The predicted octanol–water partition coefficient (Wildman–Crippen LogP) is 1.35. The van der Waals surface area contributed by atoms with Crippen LogP contribution in [-0.2, 0) is 9.53 Å². The van der Waals surface area contributed by atoms with Gasteiger partial charge in [-0.15, -0.1) is 0 Å². The monoisotopic (exact) mass is 196 g/mol. The summed E-state index contributed by atoms with van der Waals surface area (Å²) in [5, 5.41) is 11.0. The van der Waals surface area contributed by atoms with Crippen molar-refractivity contribution in [2.45, 2.75) is 32.9 Å². The molecule has 1 N–H and O–H groups in total. The molecule has 0 aromatic heterocycles. The fraction of sp³-hybridized carbons (Fsp3) is 0.600. The van der Waals surface area contributed by atoms with Crippen molar-refractivity contribution in [3.63, 3.8) is 0 Å². The second-order valence-corrected chi connectivity index (χ2v) is 2.83. The van der Waals surface area contributed by atoms with E-state index in [-0.39, 0.29) is 11.8 Å². The van der Waals surface area contributed by atoms with Gasteiger partial charge in [0.05, 0.1) is 0 Å². The molecule has 0 fully saturated rings. The van der Waals surface area contributed by atoms with Crippen LogP contribution in [0.1, 0.15) is 26.7 Å². The highest BCUT2D eigenvalue weighted by atomic mass is 16.5. The van der Waals surface area contributed by atoms with Crippen LogP contribution < -0.4 is 5.32 Å². The van der Waals surface area contributed by atoms with Gasteiger partial charge in [0.15, 0.2) is 0 Å². The Morgan fingerprint density at radius 2 is 2.29 bits per heavy atom. The van der Waals surface area contributed by atoms with Crippen molar-refractivity contribution >= 4 is 5.91 Å². The number of rotatable bonds is 6. The fourth-order valence-corrected chi connectivity index (χ4v) is 0.806. The molecule has 4 heteroatoms. The van der Waals surface area contributed by atoms with Crippen molar-refractivity contribution in [3.8, 4) is 6.07 Å². The van der Waals surface area contributed by atoms with E-state index in [1.54, 1.807) is 6.07 Å². The van der Waals surface area contributed by atoms with Crippen LogP contribution in [0.4, 0.5) is 0 Å². The maximum absolute atomic E-state index is 11.2. The normalized spacial score (nSPS) is 11.5. The van der Waals surface area contributed by atoms with Crippen molar-refractivity contribution in [1.29, 1.82) is 5.26 Å². The fourth-order valence-electron chi connectivity index (χ4n) is 0.806. The number of hydrogen-bond acceptors (Lipinski definition) is 3. The Labute approximate surface area is 84.6 Å². The third-order valence-electron chi connectivity index (χ3n) is 1.60. The van der Waals surface area contributed by atoms with Gasteiger partial charge in [0.1, 0.15) is 17.9 Å². The van der Waals surface area contributed by atoms with Crippen molar-refractivity contribution in [1.82, 2.24) is 5.32 Å². The molecule has 0 heterocycles. The molecule has 0 aromatic rings. The molecule has 14 heavy (non-hydrogen) atoms. The number of nitriles is 1. The van der Waals surface area contributed by atoms with Gasteiger partial charge in [-0.25, -0.2) is 0 Å². The minimum atomic E-state index is -0.463. The van der Waals surface area contributed by atoms with E-state index in [4.69, 9.17) is 10.00 Å². The van der Waals surface area contributed by atoms with Crippen LogP contribution in [0.15, 0.2) is 12.2 Å². The van der Waals surface area contributed by atoms with Crippen molar-refractivity contribution in [2.75, 3.05) is 6.61 Å². The molecule has 0 rings (SSSR count). The van der Waals surface area contributed by atoms with Gasteiger partial charge < -0.3 is 10.1 Å². The summed E-state index contributed by atoms with van der Waals surface area (Å²) in [4.78, 5) is 11.2. The Morgan fingerprint density at radius 3 is 2.71 bits per heavy atom. The summed E-state index contributed by atoms with van der Waals surface area (Å²) in [6.07, 6.45) is 1.24. The van der Waals surface area contributed by atoms with Gasteiger partial charge in [0.25, 0.3) is 5.91 Å². The Hall–Kier alpha value is -1.34. The Kier molecular flexibility index (Phi) is 6.42. The number of nitrogens with one attached hydrogen (secondary N) is 1. The minimum Gasteiger partial charge on any atom is -0.359 e. The highest BCUT2D eigenvalue weighted by Crippen LogP contribution is 1.97. The molecular formula is C10H16N2O2. The van der Waals surface area contributed by atoms with Crippen molar-refractivity contribution in [2.24, 2.45) is 0 Å². The van der Waals surface area contributed by atoms with Crippen LogP contribution in [0.25, 0.3) is 0 Å². The molecule has 0 saturated carbocycles. The van der Waals surface area contributed by atoms with E-state index in [2.05, 4.69) is 11.9 Å². The average molecular weight is 196 g/mol. The van der Waals surface area contributed by atoms with E-state index in [1.807, 2.05) is 13.8 Å². The number of carbonyl (C=O) groups is 1. The van der Waals surface area contributed by atoms with E-state index in [1.165, 1.54) is 0 Å². The lowest BCUT2D eigenvalue weighted by Crippen LogP contribution is -2.37. The lowest BCUT2D eigenvalue weighted by atomic mass is 10.3. The summed E-state index contributed by atoms with van der Waals surface area (Å²) >= 11 is 0. The minimum absolute atomic E-state index is 0.0939. The lowest BCUT2D eigenvalue weighted by Gasteiger charge is -2.16. The third kappa shape index (κ3) is 4.63. The molecule has 4 nitrogen and oxygen atoms in total. The van der Waals surface area contributed by atoms with Crippen LogP contribution in [0.3, 0.4) is 0 Å². The van der Waals surface area contributed by atoms with E-state index < -0.39 is 5.91 Å². The Morgan fingerprint density at radius 1 is 1.64 bits per heavy atom. The van der Waals surface area contributed by atoms with Gasteiger partial charge in [-0.05, 0) is 12.8 Å². The molecule has 1 atom stereocenters. The largest absolute Gasteiger partial charge is 0.359 e. The molecule has 0 spiro atoms. The zero-order valence-corrected chi connectivity index (χ0v) is 8.67. The highest BCUT2D eigenvalue weighted by Gasteiger charge is 2.12. The molecule has 1 amide bonds. The maximum Gasteiger partial charge on any atom is 0.263 e. The first kappa shape index (κ1) is 12.7. The summed E-state index contributed by atoms with van der Waals surface area (Å²) < 4.78 is 5.32. The first-order chi connectivity index (χ1) is 6.65. The van der Waals surface area contributed by atoms with Crippen molar-refractivity contribution in [3.05, 3.63) is 12.2 Å². The zero-order valence-electron chi connectivity index (χ0n) is 8.67. The number of ether oxygens (including phenoxy) is 1. The van der Waals surface area contributed by atoms with E-state index >= 15 is 0 Å². The smallest absolute Gasteiger partial charge is 0.263 e. The highest BCUT2D eigenvalue weighted by molar-refractivity contribution is 5.96. The van der Waals surface area contributed by atoms with Crippen molar-refractivity contribution < 1.29 is 9.53 Å². The topological polar surface area (TPSA) is 62.1 Å². The molecule has 0 bridgehead atoms. The standard InChI is InChI=1S/C10H16N2O2/c1-4-6-14-9(5-2)12-10(13)8(3)7-11/h9H,3-6H2,1-2H3,(H,12,13). The summed E-state index contributed by atoms with van der Waals surface area (Å²) in [6.45, 7) is 7.79. The zero-order chi connectivity index (χ0) is 11.0.